The summed E-state index contributed by atoms with van der Waals surface area (Å²) < 4.78 is 0. The van der Waals surface area contributed by atoms with Crippen LogP contribution < -0.4 is 5.73 Å². The zero-order valence-electron chi connectivity index (χ0n) is 10.4. The number of phenolic OH excluding ortho intramolecular Hbond substituents is 1. The fourth-order valence-electron chi connectivity index (χ4n) is 1.70. The second kappa shape index (κ2) is 6.25. The van der Waals surface area contributed by atoms with Crippen molar-refractivity contribution in [2.45, 2.75) is 25.8 Å². The number of carbonyl (C=O) groups is 1. The van der Waals surface area contributed by atoms with E-state index in [1.54, 1.807) is 36.2 Å². The van der Waals surface area contributed by atoms with Crippen LogP contribution in [0.5, 0.6) is 5.75 Å². The average Bonchev–Trinajstić information content (AvgIpc) is 2.31. The number of nitrogens with two attached hydrogens (primary N) is 1. The zero-order valence-corrected chi connectivity index (χ0v) is 10.4. The van der Waals surface area contributed by atoms with Gasteiger partial charge in [0, 0.05) is 13.6 Å². The predicted molar refractivity (Wildman–Crippen MR) is 67.7 cm³/mol. The highest BCUT2D eigenvalue weighted by Gasteiger charge is 2.17. The molecule has 1 atom stereocenters. The molecule has 1 rings (SSSR count). The third kappa shape index (κ3) is 4.07. The van der Waals surface area contributed by atoms with Crippen molar-refractivity contribution in [3.8, 4) is 5.75 Å². The molecule has 4 heteroatoms. The molecule has 0 unspecified atom stereocenters. The summed E-state index contributed by atoms with van der Waals surface area (Å²) in [4.78, 5) is 13.5. The molecule has 1 aromatic carbocycles. The molecule has 1 aromatic rings. The van der Waals surface area contributed by atoms with Crippen LogP contribution in [0.4, 0.5) is 0 Å². The van der Waals surface area contributed by atoms with Crippen LogP contribution in [0, 0.1) is 0 Å². The number of likely N-dealkylation sites (N-methyl/N-ethyl adjacent to an activating group) is 1. The Morgan fingerprint density at radius 3 is 2.53 bits per heavy atom. The van der Waals surface area contributed by atoms with E-state index in [-0.39, 0.29) is 11.7 Å². The molecule has 0 fully saturated rings. The van der Waals surface area contributed by atoms with Gasteiger partial charge in [-0.15, -0.1) is 0 Å². The molecule has 0 aromatic heterocycles. The van der Waals surface area contributed by atoms with Gasteiger partial charge in [0.05, 0.1) is 6.04 Å². The average molecular weight is 236 g/mol. The molecule has 0 aliphatic carbocycles. The summed E-state index contributed by atoms with van der Waals surface area (Å²) in [5.41, 5.74) is 6.82. The maximum Gasteiger partial charge on any atom is 0.239 e. The summed E-state index contributed by atoms with van der Waals surface area (Å²) >= 11 is 0. The van der Waals surface area contributed by atoms with Crippen molar-refractivity contribution in [3.63, 3.8) is 0 Å². The Labute approximate surface area is 102 Å². The Bertz CT molecular complexity index is 362. The van der Waals surface area contributed by atoms with E-state index in [0.29, 0.717) is 6.42 Å². The standard InChI is InChI=1S/C13H20N2O2/c1-3-8-15(2)13(17)12(14)9-10-4-6-11(16)7-5-10/h4-7,12,16H,3,8-9,14H2,1-2H3/t12-/m0/s1. The number of nitrogens with zero attached hydrogens (tertiary/aromatic N) is 1. The molecule has 0 heterocycles. The normalized spacial score (nSPS) is 12.2. The van der Waals surface area contributed by atoms with Crippen LogP contribution in [0.1, 0.15) is 18.9 Å². The summed E-state index contributed by atoms with van der Waals surface area (Å²) in [6, 6.07) is 6.24. The van der Waals surface area contributed by atoms with Crippen LogP contribution in [0.3, 0.4) is 0 Å². The van der Waals surface area contributed by atoms with Crippen molar-refractivity contribution in [3.05, 3.63) is 29.8 Å². The Morgan fingerprint density at radius 2 is 2.00 bits per heavy atom. The van der Waals surface area contributed by atoms with Gasteiger partial charge < -0.3 is 15.7 Å². The number of phenols is 1. The van der Waals surface area contributed by atoms with E-state index in [1.807, 2.05) is 6.92 Å². The Balaban J connectivity index is 2.56. The van der Waals surface area contributed by atoms with E-state index < -0.39 is 6.04 Å². The van der Waals surface area contributed by atoms with Gasteiger partial charge in [0.25, 0.3) is 0 Å². The third-order valence-electron chi connectivity index (χ3n) is 2.64. The van der Waals surface area contributed by atoms with Gasteiger partial charge in [-0.3, -0.25) is 4.79 Å². The molecule has 4 nitrogen and oxygen atoms in total. The first-order chi connectivity index (χ1) is 8.04. The van der Waals surface area contributed by atoms with Gasteiger partial charge in [-0.2, -0.15) is 0 Å². The number of hydrogen-bond acceptors (Lipinski definition) is 3. The molecule has 94 valence electrons. The first kappa shape index (κ1) is 13.5. The molecule has 0 bridgehead atoms. The van der Waals surface area contributed by atoms with E-state index in [4.69, 9.17) is 10.8 Å². The summed E-state index contributed by atoms with van der Waals surface area (Å²) in [6.07, 6.45) is 1.42. The van der Waals surface area contributed by atoms with Gasteiger partial charge in [0.15, 0.2) is 0 Å². The summed E-state index contributed by atoms with van der Waals surface area (Å²) in [5.74, 6) is 0.177. The number of hydrogen-bond donors (Lipinski definition) is 2. The highest BCUT2D eigenvalue weighted by Crippen LogP contribution is 2.11. The number of aromatic hydroxyl groups is 1. The van der Waals surface area contributed by atoms with Gasteiger partial charge in [-0.05, 0) is 30.5 Å². The van der Waals surface area contributed by atoms with Crippen LogP contribution in [0.25, 0.3) is 0 Å². The molecule has 0 saturated heterocycles. The molecule has 1 amide bonds. The lowest BCUT2D eigenvalue weighted by molar-refractivity contribution is -0.131. The van der Waals surface area contributed by atoms with Gasteiger partial charge in [-0.1, -0.05) is 19.1 Å². The first-order valence-corrected chi connectivity index (χ1v) is 5.83. The molecule has 0 spiro atoms. The van der Waals surface area contributed by atoms with Crippen molar-refractivity contribution in [2.75, 3.05) is 13.6 Å². The fraction of sp³-hybridized carbons (Fsp3) is 0.462. The predicted octanol–water partition coefficient (Wildman–Crippen LogP) is 1.13. The lowest BCUT2D eigenvalue weighted by atomic mass is 10.1. The monoisotopic (exact) mass is 236 g/mol. The Kier molecular flexibility index (Phi) is 4.97. The van der Waals surface area contributed by atoms with Crippen molar-refractivity contribution >= 4 is 5.91 Å². The molecular formula is C13H20N2O2. The summed E-state index contributed by atoms with van der Waals surface area (Å²) in [7, 11) is 1.77. The van der Waals surface area contributed by atoms with Crippen molar-refractivity contribution in [1.82, 2.24) is 4.90 Å². The maximum atomic E-state index is 11.9. The minimum absolute atomic E-state index is 0.0417. The van der Waals surface area contributed by atoms with E-state index in [9.17, 15) is 4.79 Å². The van der Waals surface area contributed by atoms with Crippen LogP contribution in [-0.4, -0.2) is 35.5 Å². The van der Waals surface area contributed by atoms with Crippen LogP contribution >= 0.6 is 0 Å². The minimum Gasteiger partial charge on any atom is -0.508 e. The van der Waals surface area contributed by atoms with Gasteiger partial charge in [0.1, 0.15) is 5.75 Å². The fourth-order valence-corrected chi connectivity index (χ4v) is 1.70. The molecular weight excluding hydrogens is 216 g/mol. The van der Waals surface area contributed by atoms with Crippen LogP contribution in [-0.2, 0) is 11.2 Å². The molecule has 0 saturated carbocycles. The molecule has 0 aliphatic rings. The van der Waals surface area contributed by atoms with E-state index in [2.05, 4.69) is 0 Å². The quantitative estimate of drug-likeness (QED) is 0.805. The first-order valence-electron chi connectivity index (χ1n) is 5.83. The molecule has 3 N–H and O–H groups in total. The lowest BCUT2D eigenvalue weighted by Gasteiger charge is -2.20. The SMILES string of the molecule is CCCN(C)C(=O)[C@@H](N)Cc1ccc(O)cc1. The Hall–Kier alpha value is -1.55. The van der Waals surface area contributed by atoms with Crippen molar-refractivity contribution < 1.29 is 9.90 Å². The lowest BCUT2D eigenvalue weighted by Crippen LogP contribution is -2.43. The van der Waals surface area contributed by atoms with Gasteiger partial charge >= 0.3 is 0 Å². The highest BCUT2D eigenvalue weighted by atomic mass is 16.3. The minimum atomic E-state index is -0.518. The van der Waals surface area contributed by atoms with Crippen LogP contribution in [0.15, 0.2) is 24.3 Å². The summed E-state index contributed by atoms with van der Waals surface area (Å²) in [6.45, 7) is 2.75. The largest absolute Gasteiger partial charge is 0.508 e. The molecule has 17 heavy (non-hydrogen) atoms. The van der Waals surface area contributed by atoms with E-state index >= 15 is 0 Å². The summed E-state index contributed by atoms with van der Waals surface area (Å²) in [5, 5.41) is 9.15. The number of benzene rings is 1. The number of carbonyl (C=O) groups excluding carboxylic acids is 1. The topological polar surface area (TPSA) is 66.6 Å². The molecule has 0 radical (unpaired) electrons. The zero-order chi connectivity index (χ0) is 12.8. The van der Waals surface area contributed by atoms with Gasteiger partial charge in [0.2, 0.25) is 5.91 Å². The number of rotatable bonds is 5. The maximum absolute atomic E-state index is 11.9. The number of amides is 1. The van der Waals surface area contributed by atoms with Crippen molar-refractivity contribution in [1.29, 1.82) is 0 Å². The second-order valence-corrected chi connectivity index (χ2v) is 4.24. The van der Waals surface area contributed by atoms with Crippen molar-refractivity contribution in [2.24, 2.45) is 5.73 Å². The highest BCUT2D eigenvalue weighted by molar-refractivity contribution is 5.81. The molecule has 0 aliphatic heterocycles. The van der Waals surface area contributed by atoms with Crippen LogP contribution in [0.2, 0.25) is 0 Å². The van der Waals surface area contributed by atoms with E-state index in [1.165, 1.54) is 0 Å². The third-order valence-corrected chi connectivity index (χ3v) is 2.64. The smallest absolute Gasteiger partial charge is 0.239 e. The van der Waals surface area contributed by atoms with Gasteiger partial charge in [-0.25, -0.2) is 0 Å². The Morgan fingerprint density at radius 1 is 1.41 bits per heavy atom. The second-order valence-electron chi connectivity index (χ2n) is 4.24. The van der Waals surface area contributed by atoms with E-state index in [0.717, 1.165) is 18.5 Å².